The van der Waals surface area contributed by atoms with Gasteiger partial charge in [-0.3, -0.25) is 14.5 Å². The third-order valence-electron chi connectivity index (χ3n) is 4.09. The standard InChI is InChI=1S/C18H21N7O2/c1-12(11-24-17(26)7-8-18(24)27)20-13(2)21-16(9-10-19)25-15-6-4-3-5-14(15)22-23-25/h3-6,9-10,12,20H,2,7-8,11,19H2,1H3/b10-9-,21-16+/t12-/m1/s1. The summed E-state index contributed by atoms with van der Waals surface area (Å²) in [7, 11) is 0. The Morgan fingerprint density at radius 3 is 2.78 bits per heavy atom. The SMILES string of the molecule is C=C(/N=C(\C=C/N)n1nnc2ccccc21)N[C@H](C)CN1C(=O)CCC1=O. The predicted molar refractivity (Wildman–Crippen MR) is 101 cm³/mol. The van der Waals surface area contributed by atoms with Crippen LogP contribution in [0.25, 0.3) is 11.0 Å². The molecule has 1 saturated heterocycles. The molecular formula is C18H21N7O2. The van der Waals surface area contributed by atoms with Crippen molar-refractivity contribution in [3.63, 3.8) is 0 Å². The fourth-order valence-corrected chi connectivity index (χ4v) is 2.88. The number of hydrogen-bond donors (Lipinski definition) is 2. The van der Waals surface area contributed by atoms with Crippen molar-refractivity contribution in [2.45, 2.75) is 25.8 Å². The molecule has 0 unspecified atom stereocenters. The minimum absolute atomic E-state index is 0.149. The molecule has 3 N–H and O–H groups in total. The van der Waals surface area contributed by atoms with Gasteiger partial charge >= 0.3 is 0 Å². The van der Waals surface area contributed by atoms with Gasteiger partial charge in [0.1, 0.15) is 11.3 Å². The predicted octanol–water partition coefficient (Wildman–Crippen LogP) is 0.749. The van der Waals surface area contributed by atoms with Gasteiger partial charge in [-0.15, -0.1) is 5.10 Å². The van der Waals surface area contributed by atoms with Crippen molar-refractivity contribution in [3.8, 4) is 0 Å². The quantitative estimate of drug-likeness (QED) is 0.442. The van der Waals surface area contributed by atoms with Gasteiger partial charge in [0.05, 0.1) is 5.52 Å². The van der Waals surface area contributed by atoms with Crippen molar-refractivity contribution < 1.29 is 9.59 Å². The van der Waals surface area contributed by atoms with Gasteiger partial charge in [0.15, 0.2) is 5.84 Å². The fraction of sp³-hybridized carbons (Fsp3) is 0.278. The largest absolute Gasteiger partial charge is 0.404 e. The summed E-state index contributed by atoms with van der Waals surface area (Å²) in [6.07, 6.45) is 3.49. The minimum Gasteiger partial charge on any atom is -0.404 e. The van der Waals surface area contributed by atoms with Crippen molar-refractivity contribution in [3.05, 3.63) is 48.9 Å². The lowest BCUT2D eigenvalue weighted by molar-refractivity contribution is -0.138. The molecule has 0 bridgehead atoms. The zero-order valence-corrected chi connectivity index (χ0v) is 15.0. The second-order valence-corrected chi connectivity index (χ2v) is 6.21. The van der Waals surface area contributed by atoms with Crippen LogP contribution in [0.5, 0.6) is 0 Å². The van der Waals surface area contributed by atoms with Gasteiger partial charge in [-0.1, -0.05) is 23.9 Å². The molecule has 140 valence electrons. The highest BCUT2D eigenvalue weighted by Crippen LogP contribution is 2.13. The lowest BCUT2D eigenvalue weighted by Gasteiger charge is -2.21. The van der Waals surface area contributed by atoms with E-state index >= 15 is 0 Å². The van der Waals surface area contributed by atoms with Crippen LogP contribution in [0, 0.1) is 0 Å². The van der Waals surface area contributed by atoms with E-state index in [0.29, 0.717) is 11.7 Å². The molecule has 0 spiro atoms. The molecule has 1 fully saturated rings. The number of aliphatic imine (C=N–C) groups is 1. The van der Waals surface area contributed by atoms with Crippen LogP contribution in [0.2, 0.25) is 0 Å². The second-order valence-electron chi connectivity index (χ2n) is 6.21. The molecular weight excluding hydrogens is 346 g/mol. The summed E-state index contributed by atoms with van der Waals surface area (Å²) in [6, 6.07) is 7.27. The molecule has 1 aromatic carbocycles. The van der Waals surface area contributed by atoms with Crippen molar-refractivity contribution >= 4 is 28.7 Å². The van der Waals surface area contributed by atoms with E-state index in [9.17, 15) is 9.59 Å². The third kappa shape index (κ3) is 4.02. The van der Waals surface area contributed by atoms with Gasteiger partial charge in [-0.05, 0) is 31.3 Å². The molecule has 2 aromatic rings. The van der Waals surface area contributed by atoms with E-state index in [2.05, 4.69) is 27.2 Å². The molecule has 9 nitrogen and oxygen atoms in total. The topological polar surface area (TPSA) is 118 Å². The van der Waals surface area contributed by atoms with Crippen LogP contribution in [-0.2, 0) is 9.59 Å². The highest BCUT2D eigenvalue weighted by Gasteiger charge is 2.29. The van der Waals surface area contributed by atoms with Gasteiger partial charge in [-0.25, -0.2) is 4.99 Å². The highest BCUT2D eigenvalue weighted by atomic mass is 16.2. The smallest absolute Gasteiger partial charge is 0.229 e. The average Bonchev–Trinajstić information content (AvgIpc) is 3.20. The molecule has 2 heterocycles. The number of fused-ring (bicyclic) bond motifs is 1. The Balaban J connectivity index is 1.75. The molecule has 9 heteroatoms. The Hall–Kier alpha value is -3.49. The molecule has 0 aliphatic carbocycles. The van der Waals surface area contributed by atoms with Crippen molar-refractivity contribution in [1.29, 1.82) is 0 Å². The van der Waals surface area contributed by atoms with Crippen LogP contribution in [0.3, 0.4) is 0 Å². The lowest BCUT2D eigenvalue weighted by atomic mass is 10.3. The summed E-state index contributed by atoms with van der Waals surface area (Å²) in [4.78, 5) is 29.2. The fourth-order valence-electron chi connectivity index (χ4n) is 2.88. The molecule has 1 aliphatic rings. The summed E-state index contributed by atoms with van der Waals surface area (Å²) in [5.74, 6) is 0.491. The third-order valence-corrected chi connectivity index (χ3v) is 4.09. The minimum atomic E-state index is -0.206. The zero-order valence-electron chi connectivity index (χ0n) is 15.0. The van der Waals surface area contributed by atoms with E-state index in [1.165, 1.54) is 11.1 Å². The first-order valence-corrected chi connectivity index (χ1v) is 8.56. The number of allylic oxidation sites excluding steroid dienone is 1. The average molecular weight is 367 g/mol. The van der Waals surface area contributed by atoms with Crippen LogP contribution < -0.4 is 11.1 Å². The maximum absolute atomic E-state index is 11.7. The van der Waals surface area contributed by atoms with E-state index in [1.54, 1.807) is 10.8 Å². The van der Waals surface area contributed by atoms with E-state index in [1.807, 2.05) is 31.2 Å². The number of likely N-dealkylation sites (tertiary alicyclic amines) is 1. The number of nitrogens with one attached hydrogen (secondary N) is 1. The summed E-state index contributed by atoms with van der Waals surface area (Å²) >= 11 is 0. The number of benzene rings is 1. The molecule has 0 radical (unpaired) electrons. The van der Waals surface area contributed by atoms with Crippen LogP contribution in [0.15, 0.2) is 53.9 Å². The Morgan fingerprint density at radius 1 is 1.37 bits per heavy atom. The molecule has 1 atom stereocenters. The highest BCUT2D eigenvalue weighted by molar-refractivity contribution is 6.02. The number of carbonyl (C=O) groups is 2. The first-order valence-electron chi connectivity index (χ1n) is 8.56. The second kappa shape index (κ2) is 7.81. The number of aromatic nitrogens is 3. The molecule has 1 aromatic heterocycles. The molecule has 27 heavy (non-hydrogen) atoms. The number of nitrogens with zero attached hydrogens (tertiary/aromatic N) is 5. The summed E-state index contributed by atoms with van der Waals surface area (Å²) in [6.45, 7) is 6.01. The number of nitrogens with two attached hydrogens (primary N) is 1. The van der Waals surface area contributed by atoms with Gasteiger partial charge in [0.25, 0.3) is 0 Å². The van der Waals surface area contributed by atoms with E-state index in [-0.39, 0.29) is 37.2 Å². The van der Waals surface area contributed by atoms with Crippen LogP contribution in [-0.4, -0.2) is 50.1 Å². The van der Waals surface area contributed by atoms with Gasteiger partial charge in [0.2, 0.25) is 11.8 Å². The van der Waals surface area contributed by atoms with E-state index < -0.39 is 0 Å². The lowest BCUT2D eigenvalue weighted by Crippen LogP contribution is -2.41. The van der Waals surface area contributed by atoms with Gasteiger partial charge in [0, 0.05) is 25.4 Å². The van der Waals surface area contributed by atoms with Crippen LogP contribution in [0.4, 0.5) is 0 Å². The first kappa shape index (κ1) is 18.3. The maximum atomic E-state index is 11.7. The number of rotatable bonds is 6. The monoisotopic (exact) mass is 367 g/mol. The summed E-state index contributed by atoms with van der Waals surface area (Å²) < 4.78 is 1.56. The van der Waals surface area contributed by atoms with Crippen molar-refractivity contribution in [2.24, 2.45) is 10.7 Å². The van der Waals surface area contributed by atoms with E-state index in [0.717, 1.165) is 11.0 Å². The summed E-state index contributed by atoms with van der Waals surface area (Å²) in [5.41, 5.74) is 7.05. The van der Waals surface area contributed by atoms with Crippen LogP contribution in [0.1, 0.15) is 19.8 Å². The summed E-state index contributed by atoms with van der Waals surface area (Å²) in [5, 5.41) is 11.3. The normalized spacial score (nSPS) is 16.5. The maximum Gasteiger partial charge on any atom is 0.229 e. The molecule has 3 rings (SSSR count). The van der Waals surface area contributed by atoms with Crippen molar-refractivity contribution in [1.82, 2.24) is 25.2 Å². The molecule has 0 saturated carbocycles. The number of carbonyl (C=O) groups excluding carboxylic acids is 2. The number of amides is 2. The zero-order chi connectivity index (χ0) is 19.4. The van der Waals surface area contributed by atoms with E-state index in [4.69, 9.17) is 5.73 Å². The van der Waals surface area contributed by atoms with Crippen LogP contribution >= 0.6 is 0 Å². The number of imide groups is 1. The Kier molecular flexibility index (Phi) is 5.30. The Labute approximate surface area is 156 Å². The number of para-hydroxylation sites is 1. The first-order chi connectivity index (χ1) is 13.0. The van der Waals surface area contributed by atoms with Crippen molar-refractivity contribution in [2.75, 3.05) is 6.54 Å². The Morgan fingerprint density at radius 2 is 2.07 bits per heavy atom. The van der Waals surface area contributed by atoms with Gasteiger partial charge in [-0.2, -0.15) is 4.68 Å². The molecule has 2 amide bonds. The van der Waals surface area contributed by atoms with Gasteiger partial charge < -0.3 is 11.1 Å². The number of hydrogen-bond acceptors (Lipinski definition) is 7. The Bertz CT molecular complexity index is 928. The molecule has 1 aliphatic heterocycles.